The third-order valence-corrected chi connectivity index (χ3v) is 3.26. The Balaban J connectivity index is 2.15. The van der Waals surface area contributed by atoms with Crippen molar-refractivity contribution < 1.29 is 9.84 Å². The maximum atomic E-state index is 9.30. The predicted molar refractivity (Wildman–Crippen MR) is 75.3 cm³/mol. The number of anilines is 1. The monoisotopic (exact) mass is 265 g/mol. The van der Waals surface area contributed by atoms with Crippen molar-refractivity contribution in [3.8, 4) is 0 Å². The zero-order chi connectivity index (χ0) is 13.7. The summed E-state index contributed by atoms with van der Waals surface area (Å²) in [7, 11) is 0. The Labute approximate surface area is 114 Å². The second-order valence-corrected chi connectivity index (χ2v) is 4.92. The fourth-order valence-corrected chi connectivity index (χ4v) is 2.43. The first-order valence-corrected chi connectivity index (χ1v) is 6.90. The molecule has 0 radical (unpaired) electrons. The number of hydrogen-bond donors (Lipinski definition) is 2. The van der Waals surface area contributed by atoms with Crippen LogP contribution in [0.4, 0.5) is 5.82 Å². The average molecular weight is 265 g/mol. The van der Waals surface area contributed by atoms with Gasteiger partial charge in [0.2, 0.25) is 0 Å². The molecule has 0 aliphatic carbocycles. The Morgan fingerprint density at radius 3 is 3.11 bits per heavy atom. The van der Waals surface area contributed by atoms with Gasteiger partial charge in [0.05, 0.1) is 18.8 Å². The van der Waals surface area contributed by atoms with Crippen molar-refractivity contribution in [2.24, 2.45) is 0 Å². The standard InChI is InChI=1S/C14H23N3O2/c1-3-15-7-12-5-4-6-16-14(12)17-8-11(2)19-13(9-17)10-18/h4-6,11,13,15,18H,3,7-10H2,1-2H3. The lowest BCUT2D eigenvalue weighted by molar-refractivity contribution is -0.0423. The Morgan fingerprint density at radius 1 is 1.53 bits per heavy atom. The van der Waals surface area contributed by atoms with E-state index in [9.17, 15) is 5.11 Å². The second kappa shape index (κ2) is 6.84. The molecule has 5 heteroatoms. The van der Waals surface area contributed by atoms with Crippen molar-refractivity contribution in [1.82, 2.24) is 10.3 Å². The molecule has 1 fully saturated rings. The molecule has 0 saturated carbocycles. The van der Waals surface area contributed by atoms with Crippen LogP contribution >= 0.6 is 0 Å². The van der Waals surface area contributed by atoms with E-state index in [-0.39, 0.29) is 18.8 Å². The van der Waals surface area contributed by atoms with Crippen LogP contribution in [0.25, 0.3) is 0 Å². The van der Waals surface area contributed by atoms with Crippen molar-refractivity contribution in [2.45, 2.75) is 32.6 Å². The van der Waals surface area contributed by atoms with E-state index >= 15 is 0 Å². The van der Waals surface area contributed by atoms with Crippen molar-refractivity contribution in [3.63, 3.8) is 0 Å². The molecule has 1 aromatic heterocycles. The number of aliphatic hydroxyl groups excluding tert-OH is 1. The number of ether oxygens (including phenoxy) is 1. The van der Waals surface area contributed by atoms with E-state index in [2.05, 4.69) is 28.2 Å². The van der Waals surface area contributed by atoms with Crippen LogP contribution in [-0.2, 0) is 11.3 Å². The van der Waals surface area contributed by atoms with Crippen LogP contribution in [0.3, 0.4) is 0 Å². The van der Waals surface area contributed by atoms with Crippen molar-refractivity contribution in [1.29, 1.82) is 0 Å². The van der Waals surface area contributed by atoms with E-state index in [4.69, 9.17) is 4.74 Å². The summed E-state index contributed by atoms with van der Waals surface area (Å²) < 4.78 is 5.67. The Kier molecular flexibility index (Phi) is 5.13. The maximum absolute atomic E-state index is 9.30. The van der Waals surface area contributed by atoms with Gasteiger partial charge in [-0.05, 0) is 19.5 Å². The highest BCUT2D eigenvalue weighted by atomic mass is 16.5. The summed E-state index contributed by atoms with van der Waals surface area (Å²) in [5, 5.41) is 12.6. The zero-order valence-corrected chi connectivity index (χ0v) is 11.7. The molecule has 2 heterocycles. The Bertz CT molecular complexity index is 400. The van der Waals surface area contributed by atoms with E-state index in [1.807, 2.05) is 19.2 Å². The van der Waals surface area contributed by atoms with Crippen molar-refractivity contribution in [2.75, 3.05) is 31.1 Å². The number of hydrogen-bond acceptors (Lipinski definition) is 5. The molecule has 1 aromatic rings. The molecule has 0 amide bonds. The molecule has 2 N–H and O–H groups in total. The number of rotatable bonds is 5. The topological polar surface area (TPSA) is 57.6 Å². The van der Waals surface area contributed by atoms with Gasteiger partial charge in [-0.25, -0.2) is 4.98 Å². The van der Waals surface area contributed by atoms with Crippen LogP contribution in [0, 0.1) is 0 Å². The van der Waals surface area contributed by atoms with Gasteiger partial charge < -0.3 is 20.1 Å². The summed E-state index contributed by atoms with van der Waals surface area (Å²) in [5.74, 6) is 0.997. The number of nitrogens with zero attached hydrogens (tertiary/aromatic N) is 2. The third-order valence-electron chi connectivity index (χ3n) is 3.26. The van der Waals surface area contributed by atoms with E-state index in [0.29, 0.717) is 6.54 Å². The molecule has 2 unspecified atom stereocenters. The van der Waals surface area contributed by atoms with Crippen LogP contribution in [0.5, 0.6) is 0 Å². The first-order chi connectivity index (χ1) is 9.24. The van der Waals surface area contributed by atoms with Crippen LogP contribution < -0.4 is 10.2 Å². The lowest BCUT2D eigenvalue weighted by atomic mass is 10.1. The van der Waals surface area contributed by atoms with Crippen molar-refractivity contribution in [3.05, 3.63) is 23.9 Å². The molecule has 0 aromatic carbocycles. The predicted octanol–water partition coefficient (Wildman–Crippen LogP) is 0.777. The summed E-state index contributed by atoms with van der Waals surface area (Å²) in [6.07, 6.45) is 1.80. The highest BCUT2D eigenvalue weighted by Gasteiger charge is 2.26. The molecule has 1 aliphatic rings. The summed E-state index contributed by atoms with van der Waals surface area (Å²) in [6, 6.07) is 4.06. The fourth-order valence-electron chi connectivity index (χ4n) is 2.43. The minimum atomic E-state index is -0.127. The van der Waals surface area contributed by atoms with E-state index in [1.54, 1.807) is 0 Å². The quantitative estimate of drug-likeness (QED) is 0.824. The van der Waals surface area contributed by atoms with Gasteiger partial charge in [0.25, 0.3) is 0 Å². The van der Waals surface area contributed by atoms with Crippen molar-refractivity contribution >= 4 is 5.82 Å². The number of aliphatic hydroxyl groups is 1. The average Bonchev–Trinajstić information content (AvgIpc) is 2.44. The summed E-state index contributed by atoms with van der Waals surface area (Å²) >= 11 is 0. The molecule has 0 bridgehead atoms. The molecular formula is C14H23N3O2. The van der Waals surface area contributed by atoms with Crippen LogP contribution in [0.2, 0.25) is 0 Å². The van der Waals surface area contributed by atoms with E-state index in [1.165, 1.54) is 5.56 Å². The van der Waals surface area contributed by atoms with Gasteiger partial charge in [0.15, 0.2) is 0 Å². The number of morpholine rings is 1. The molecule has 5 nitrogen and oxygen atoms in total. The van der Waals surface area contributed by atoms with Gasteiger partial charge in [-0.1, -0.05) is 13.0 Å². The number of nitrogens with one attached hydrogen (secondary N) is 1. The molecular weight excluding hydrogens is 242 g/mol. The van der Waals surface area contributed by atoms with Gasteiger partial charge in [-0.3, -0.25) is 0 Å². The molecule has 2 rings (SSSR count). The maximum Gasteiger partial charge on any atom is 0.133 e. The SMILES string of the molecule is CCNCc1cccnc1N1CC(C)OC(CO)C1. The molecule has 2 atom stereocenters. The zero-order valence-electron chi connectivity index (χ0n) is 11.7. The lowest BCUT2D eigenvalue weighted by Gasteiger charge is -2.37. The third kappa shape index (κ3) is 3.65. The molecule has 0 spiro atoms. The van der Waals surface area contributed by atoms with E-state index < -0.39 is 0 Å². The smallest absolute Gasteiger partial charge is 0.133 e. The number of pyridine rings is 1. The fraction of sp³-hybridized carbons (Fsp3) is 0.643. The molecule has 106 valence electrons. The lowest BCUT2D eigenvalue weighted by Crippen LogP contribution is -2.48. The first-order valence-electron chi connectivity index (χ1n) is 6.90. The first kappa shape index (κ1) is 14.2. The van der Waals surface area contributed by atoms with Gasteiger partial charge in [0.1, 0.15) is 5.82 Å². The van der Waals surface area contributed by atoms with Crippen LogP contribution in [0.15, 0.2) is 18.3 Å². The minimum absolute atomic E-state index is 0.0518. The summed E-state index contributed by atoms with van der Waals surface area (Å²) in [4.78, 5) is 6.72. The van der Waals surface area contributed by atoms with Gasteiger partial charge in [0, 0.05) is 31.4 Å². The molecule has 1 aliphatic heterocycles. The normalized spacial score (nSPS) is 23.6. The van der Waals surface area contributed by atoms with Crippen LogP contribution in [-0.4, -0.2) is 48.5 Å². The highest BCUT2D eigenvalue weighted by molar-refractivity contribution is 5.47. The van der Waals surface area contributed by atoms with Gasteiger partial charge >= 0.3 is 0 Å². The highest BCUT2D eigenvalue weighted by Crippen LogP contribution is 2.22. The summed E-state index contributed by atoms with van der Waals surface area (Å²) in [6.45, 7) is 7.43. The summed E-state index contributed by atoms with van der Waals surface area (Å²) in [5.41, 5.74) is 1.19. The Hall–Kier alpha value is -1.17. The number of aromatic nitrogens is 1. The van der Waals surface area contributed by atoms with E-state index in [0.717, 1.165) is 25.5 Å². The minimum Gasteiger partial charge on any atom is -0.394 e. The van der Waals surface area contributed by atoms with Gasteiger partial charge in [-0.2, -0.15) is 0 Å². The molecule has 19 heavy (non-hydrogen) atoms. The van der Waals surface area contributed by atoms with Crippen LogP contribution in [0.1, 0.15) is 19.4 Å². The second-order valence-electron chi connectivity index (χ2n) is 4.92. The van der Waals surface area contributed by atoms with Gasteiger partial charge in [-0.15, -0.1) is 0 Å². The largest absolute Gasteiger partial charge is 0.394 e. The molecule has 1 saturated heterocycles. The Morgan fingerprint density at radius 2 is 2.37 bits per heavy atom.